The van der Waals surface area contributed by atoms with E-state index in [1.807, 2.05) is 31.3 Å². The highest BCUT2D eigenvalue weighted by atomic mass is 127. The zero-order valence-corrected chi connectivity index (χ0v) is 18.9. The second kappa shape index (κ2) is 12.8. The van der Waals surface area contributed by atoms with E-state index < -0.39 is 0 Å². The number of nitrogens with one attached hydrogen (secondary N) is 1. The monoisotopic (exact) mass is 489 g/mol. The number of carbonyl (C=O) groups is 1. The third-order valence-electron chi connectivity index (χ3n) is 4.59. The van der Waals surface area contributed by atoms with Gasteiger partial charge in [0.05, 0.1) is 7.11 Å². The smallest absolute Gasteiger partial charge is 0.306 e. The van der Waals surface area contributed by atoms with E-state index in [9.17, 15) is 4.79 Å². The second-order valence-corrected chi connectivity index (χ2v) is 6.68. The van der Waals surface area contributed by atoms with Gasteiger partial charge in [-0.15, -0.1) is 24.0 Å². The van der Waals surface area contributed by atoms with Crippen LogP contribution in [-0.4, -0.2) is 50.7 Å². The number of aliphatic imine (C=N–C) groups is 1. The summed E-state index contributed by atoms with van der Waals surface area (Å²) in [6, 6.07) is 7.99. The van der Waals surface area contributed by atoms with E-state index in [1.165, 1.54) is 18.4 Å². The van der Waals surface area contributed by atoms with Gasteiger partial charge in [0.1, 0.15) is 11.9 Å². The van der Waals surface area contributed by atoms with E-state index in [2.05, 4.69) is 15.2 Å². The predicted molar refractivity (Wildman–Crippen MR) is 119 cm³/mol. The van der Waals surface area contributed by atoms with Gasteiger partial charge in [0, 0.05) is 33.6 Å². The number of benzene rings is 1. The molecular formula is C20H32IN3O3. The number of esters is 1. The van der Waals surface area contributed by atoms with Crippen molar-refractivity contribution in [2.75, 3.05) is 27.7 Å². The van der Waals surface area contributed by atoms with Gasteiger partial charge >= 0.3 is 5.97 Å². The highest BCUT2D eigenvalue weighted by Gasteiger charge is 2.18. The van der Waals surface area contributed by atoms with Crippen molar-refractivity contribution in [2.45, 2.75) is 51.2 Å². The molecule has 1 N–H and O–H groups in total. The number of rotatable bonds is 8. The van der Waals surface area contributed by atoms with Crippen LogP contribution in [0.5, 0.6) is 5.75 Å². The number of ether oxygens (including phenoxy) is 2. The van der Waals surface area contributed by atoms with Crippen LogP contribution in [0.4, 0.5) is 0 Å². The molecule has 0 aliphatic heterocycles. The van der Waals surface area contributed by atoms with Crippen LogP contribution in [0.25, 0.3) is 0 Å². The molecule has 2 rings (SSSR count). The number of hydrogen-bond acceptors (Lipinski definition) is 4. The summed E-state index contributed by atoms with van der Waals surface area (Å²) >= 11 is 0. The van der Waals surface area contributed by atoms with E-state index >= 15 is 0 Å². The number of halogens is 1. The number of methoxy groups -OCH3 is 1. The Bertz CT molecular complexity index is 587. The summed E-state index contributed by atoms with van der Waals surface area (Å²) in [4.78, 5) is 18.2. The van der Waals surface area contributed by atoms with Crippen molar-refractivity contribution in [3.63, 3.8) is 0 Å². The Morgan fingerprint density at radius 1 is 1.26 bits per heavy atom. The lowest BCUT2D eigenvalue weighted by Gasteiger charge is -2.22. The lowest BCUT2D eigenvalue weighted by molar-refractivity contribution is -0.148. The number of carbonyl (C=O) groups excluding carboxylic acids is 1. The first-order chi connectivity index (χ1) is 12.6. The predicted octanol–water partition coefficient (Wildman–Crippen LogP) is 3.59. The van der Waals surface area contributed by atoms with Crippen molar-refractivity contribution in [3.05, 3.63) is 29.8 Å². The molecule has 6 nitrogen and oxygen atoms in total. The zero-order valence-electron chi connectivity index (χ0n) is 16.6. The van der Waals surface area contributed by atoms with Crippen molar-refractivity contribution in [1.82, 2.24) is 10.2 Å². The minimum atomic E-state index is -0.0831. The lowest BCUT2D eigenvalue weighted by Crippen LogP contribution is -2.39. The van der Waals surface area contributed by atoms with Crippen molar-refractivity contribution in [2.24, 2.45) is 4.99 Å². The van der Waals surface area contributed by atoms with Crippen molar-refractivity contribution in [1.29, 1.82) is 0 Å². The summed E-state index contributed by atoms with van der Waals surface area (Å²) < 4.78 is 10.7. The summed E-state index contributed by atoms with van der Waals surface area (Å²) in [7, 11) is 5.42. The van der Waals surface area contributed by atoms with Crippen molar-refractivity contribution in [3.8, 4) is 5.75 Å². The van der Waals surface area contributed by atoms with Crippen molar-refractivity contribution >= 4 is 35.9 Å². The number of hydrogen-bond donors (Lipinski definition) is 1. The summed E-state index contributed by atoms with van der Waals surface area (Å²) in [5.74, 6) is 1.58. The van der Waals surface area contributed by atoms with Crippen molar-refractivity contribution < 1.29 is 14.3 Å². The van der Waals surface area contributed by atoms with Crippen LogP contribution in [0, 0.1) is 0 Å². The molecule has 0 heterocycles. The summed E-state index contributed by atoms with van der Waals surface area (Å²) in [6.45, 7) is 1.44. The van der Waals surface area contributed by atoms with Crippen LogP contribution in [0.2, 0.25) is 0 Å². The van der Waals surface area contributed by atoms with E-state index in [1.54, 1.807) is 14.2 Å². The van der Waals surface area contributed by atoms with Gasteiger partial charge in [-0.1, -0.05) is 12.1 Å². The first kappa shape index (κ1) is 23.5. The number of guanidine groups is 1. The van der Waals surface area contributed by atoms with Gasteiger partial charge in [-0.25, -0.2) is 0 Å². The molecule has 1 aliphatic carbocycles. The van der Waals surface area contributed by atoms with Gasteiger partial charge in [0.25, 0.3) is 0 Å². The minimum Gasteiger partial charge on any atom is -0.497 e. The third-order valence-corrected chi connectivity index (χ3v) is 4.59. The molecule has 0 aromatic heterocycles. The molecule has 1 saturated carbocycles. The Kier molecular flexibility index (Phi) is 11.2. The lowest BCUT2D eigenvalue weighted by atomic mass is 10.2. The molecule has 0 amide bonds. The largest absolute Gasteiger partial charge is 0.497 e. The van der Waals surface area contributed by atoms with Gasteiger partial charge in [0.2, 0.25) is 0 Å². The van der Waals surface area contributed by atoms with E-state index in [0.717, 1.165) is 37.5 Å². The molecule has 1 fully saturated rings. The number of nitrogens with zero attached hydrogens (tertiary/aromatic N) is 2. The second-order valence-electron chi connectivity index (χ2n) is 6.68. The average molecular weight is 489 g/mol. The molecule has 7 heteroatoms. The Morgan fingerprint density at radius 3 is 2.52 bits per heavy atom. The molecule has 0 unspecified atom stereocenters. The van der Waals surface area contributed by atoms with Gasteiger partial charge in [-0.3, -0.25) is 9.79 Å². The molecule has 1 aromatic carbocycles. The molecule has 27 heavy (non-hydrogen) atoms. The zero-order chi connectivity index (χ0) is 18.8. The van der Waals surface area contributed by atoms with Gasteiger partial charge in [-0.05, 0) is 49.8 Å². The maximum atomic E-state index is 11.8. The van der Waals surface area contributed by atoms with E-state index in [0.29, 0.717) is 13.0 Å². The Morgan fingerprint density at radius 2 is 1.93 bits per heavy atom. The maximum absolute atomic E-state index is 11.8. The third kappa shape index (κ3) is 8.36. The van der Waals surface area contributed by atoms with Gasteiger partial charge in [0.15, 0.2) is 5.96 Å². The molecule has 0 bridgehead atoms. The molecule has 0 radical (unpaired) electrons. The Labute approximate surface area is 179 Å². The summed E-state index contributed by atoms with van der Waals surface area (Å²) in [5, 5.41) is 3.30. The van der Waals surface area contributed by atoms with Crippen LogP contribution >= 0.6 is 24.0 Å². The van der Waals surface area contributed by atoms with Crippen LogP contribution in [-0.2, 0) is 16.1 Å². The van der Waals surface area contributed by atoms with Crippen LogP contribution < -0.4 is 10.1 Å². The first-order valence-electron chi connectivity index (χ1n) is 9.36. The molecule has 152 valence electrons. The first-order valence-corrected chi connectivity index (χ1v) is 9.36. The van der Waals surface area contributed by atoms with Crippen LogP contribution in [0.3, 0.4) is 0 Å². The van der Waals surface area contributed by atoms with Crippen LogP contribution in [0.1, 0.15) is 44.1 Å². The molecular weight excluding hydrogens is 457 g/mol. The molecule has 1 aromatic rings. The van der Waals surface area contributed by atoms with E-state index in [-0.39, 0.29) is 36.0 Å². The quantitative estimate of drug-likeness (QED) is 0.199. The Balaban J connectivity index is 0.00000364. The fourth-order valence-corrected chi connectivity index (χ4v) is 3.15. The molecule has 0 spiro atoms. The van der Waals surface area contributed by atoms with Crippen LogP contribution in [0.15, 0.2) is 29.3 Å². The highest BCUT2D eigenvalue weighted by molar-refractivity contribution is 14.0. The fraction of sp³-hybridized carbons (Fsp3) is 0.600. The summed E-state index contributed by atoms with van der Waals surface area (Å²) in [6.07, 6.45) is 5.73. The summed E-state index contributed by atoms with van der Waals surface area (Å²) in [5.41, 5.74) is 1.18. The normalized spacial score (nSPS) is 14.4. The Hall–Kier alpha value is -1.51. The molecule has 0 atom stereocenters. The highest BCUT2D eigenvalue weighted by Crippen LogP contribution is 2.21. The topological polar surface area (TPSA) is 63.2 Å². The van der Waals surface area contributed by atoms with Gasteiger partial charge < -0.3 is 19.7 Å². The molecule has 1 aliphatic rings. The SMILES string of the molecule is CN=C(NCCCC(=O)OC1CCCC1)N(C)Cc1ccc(OC)cc1.I. The van der Waals surface area contributed by atoms with E-state index in [4.69, 9.17) is 9.47 Å². The molecule has 0 saturated heterocycles. The average Bonchev–Trinajstić information content (AvgIpc) is 3.15. The minimum absolute atomic E-state index is 0. The fourth-order valence-electron chi connectivity index (χ4n) is 3.15. The standard InChI is InChI=1S/C20H31N3O3.HI/c1-21-20(23(2)15-16-10-12-17(25-3)13-11-16)22-14-6-9-19(24)26-18-7-4-5-8-18;/h10-13,18H,4-9,14-15H2,1-3H3,(H,21,22);1H. The van der Waals surface area contributed by atoms with Gasteiger partial charge in [-0.2, -0.15) is 0 Å². The maximum Gasteiger partial charge on any atom is 0.306 e.